The van der Waals surface area contributed by atoms with Crippen molar-refractivity contribution in [3.63, 3.8) is 0 Å². The summed E-state index contributed by atoms with van der Waals surface area (Å²) in [5.74, 6) is -3.96. The molecule has 114 valence electrons. The molecule has 1 aromatic heterocycles. The summed E-state index contributed by atoms with van der Waals surface area (Å²) < 4.78 is 42.1. The molecule has 1 aromatic carbocycles. The van der Waals surface area contributed by atoms with Crippen molar-refractivity contribution in [1.82, 2.24) is 9.78 Å². The highest BCUT2D eigenvalue weighted by Crippen LogP contribution is 2.26. The zero-order valence-corrected chi connectivity index (χ0v) is 13.2. The molecule has 7 heteroatoms. The quantitative estimate of drug-likeness (QED) is 0.845. The molecule has 0 saturated carbocycles. The van der Waals surface area contributed by atoms with Gasteiger partial charge in [-0.2, -0.15) is 5.10 Å². The van der Waals surface area contributed by atoms with Crippen LogP contribution in [0.4, 0.5) is 13.2 Å². The van der Waals surface area contributed by atoms with Gasteiger partial charge >= 0.3 is 0 Å². The van der Waals surface area contributed by atoms with Crippen LogP contribution in [0.15, 0.2) is 16.6 Å². The van der Waals surface area contributed by atoms with Crippen LogP contribution >= 0.6 is 15.9 Å². The van der Waals surface area contributed by atoms with Crippen LogP contribution in [0.3, 0.4) is 0 Å². The first-order valence-electron chi connectivity index (χ1n) is 6.46. The third kappa shape index (κ3) is 3.13. The van der Waals surface area contributed by atoms with Crippen molar-refractivity contribution >= 4 is 15.9 Å². The molecule has 0 aliphatic carbocycles. The molecule has 1 unspecified atom stereocenters. The number of rotatable bonds is 4. The Morgan fingerprint density at radius 1 is 1.29 bits per heavy atom. The maximum absolute atomic E-state index is 13.3. The van der Waals surface area contributed by atoms with E-state index in [9.17, 15) is 13.2 Å². The molecule has 3 nitrogen and oxygen atoms in total. The highest BCUT2D eigenvalue weighted by molar-refractivity contribution is 9.10. The van der Waals surface area contributed by atoms with Gasteiger partial charge in [0.1, 0.15) is 0 Å². The smallest absolute Gasteiger partial charge is 0.194 e. The summed E-state index contributed by atoms with van der Waals surface area (Å²) in [6.45, 7) is 4.44. The second kappa shape index (κ2) is 6.19. The zero-order valence-electron chi connectivity index (χ0n) is 11.6. The lowest BCUT2D eigenvalue weighted by Crippen LogP contribution is -2.17. The Bertz CT molecular complexity index is 647. The minimum Gasteiger partial charge on any atom is -0.324 e. The molecule has 0 bridgehead atoms. The summed E-state index contributed by atoms with van der Waals surface area (Å²) in [4.78, 5) is 0. The third-order valence-corrected chi connectivity index (χ3v) is 4.33. The molecular weight excluding hydrogens is 347 g/mol. The molecule has 0 fully saturated rings. The van der Waals surface area contributed by atoms with Crippen LogP contribution in [-0.4, -0.2) is 9.78 Å². The van der Waals surface area contributed by atoms with Crippen LogP contribution in [0.5, 0.6) is 0 Å². The van der Waals surface area contributed by atoms with E-state index in [0.29, 0.717) is 13.0 Å². The number of hydrogen-bond acceptors (Lipinski definition) is 2. The maximum Gasteiger partial charge on any atom is 0.194 e. The average Bonchev–Trinajstić information content (AvgIpc) is 2.71. The van der Waals surface area contributed by atoms with Crippen molar-refractivity contribution in [1.29, 1.82) is 0 Å². The van der Waals surface area contributed by atoms with Crippen LogP contribution in [0.25, 0.3) is 0 Å². The predicted octanol–water partition coefficient (Wildman–Crippen LogP) is 3.63. The summed E-state index contributed by atoms with van der Waals surface area (Å²) >= 11 is 3.44. The van der Waals surface area contributed by atoms with Crippen LogP contribution in [-0.2, 0) is 13.0 Å². The van der Waals surface area contributed by atoms with Gasteiger partial charge in [0, 0.05) is 19.0 Å². The van der Waals surface area contributed by atoms with Gasteiger partial charge in [-0.3, -0.25) is 4.68 Å². The van der Waals surface area contributed by atoms with Crippen molar-refractivity contribution in [3.8, 4) is 0 Å². The number of nitrogens with two attached hydrogens (primary N) is 1. The predicted molar refractivity (Wildman–Crippen MR) is 77.3 cm³/mol. The van der Waals surface area contributed by atoms with Crippen molar-refractivity contribution in [3.05, 3.63) is 51.0 Å². The van der Waals surface area contributed by atoms with Crippen molar-refractivity contribution in [2.24, 2.45) is 5.73 Å². The molecular formula is C14H15BrF3N3. The Hall–Kier alpha value is -1.34. The van der Waals surface area contributed by atoms with E-state index >= 15 is 0 Å². The zero-order chi connectivity index (χ0) is 15.7. The van der Waals surface area contributed by atoms with Crippen LogP contribution in [0, 0.1) is 24.4 Å². The van der Waals surface area contributed by atoms with Gasteiger partial charge in [-0.25, -0.2) is 13.2 Å². The fourth-order valence-corrected chi connectivity index (χ4v) is 2.63. The topological polar surface area (TPSA) is 43.8 Å². The lowest BCUT2D eigenvalue weighted by Gasteiger charge is -2.14. The van der Waals surface area contributed by atoms with E-state index in [1.807, 2.05) is 13.8 Å². The summed E-state index contributed by atoms with van der Waals surface area (Å²) in [6.07, 6.45) is 0.333. The van der Waals surface area contributed by atoms with Crippen LogP contribution < -0.4 is 5.73 Å². The van der Waals surface area contributed by atoms with E-state index in [0.717, 1.165) is 28.0 Å². The Morgan fingerprint density at radius 3 is 2.38 bits per heavy atom. The number of aromatic nitrogens is 2. The van der Waals surface area contributed by atoms with Crippen LogP contribution in [0.2, 0.25) is 0 Å². The van der Waals surface area contributed by atoms with Crippen molar-refractivity contribution in [2.75, 3.05) is 0 Å². The van der Waals surface area contributed by atoms with Crippen LogP contribution in [0.1, 0.15) is 29.9 Å². The number of benzene rings is 1. The first-order chi connectivity index (χ1) is 9.85. The Labute approximate surface area is 129 Å². The van der Waals surface area contributed by atoms with E-state index in [1.165, 1.54) is 0 Å². The molecule has 0 radical (unpaired) electrons. The van der Waals surface area contributed by atoms with Gasteiger partial charge in [0.15, 0.2) is 17.5 Å². The molecule has 0 aliphatic heterocycles. The summed E-state index contributed by atoms with van der Waals surface area (Å²) in [6, 6.07) is 1.19. The van der Waals surface area contributed by atoms with Crippen molar-refractivity contribution < 1.29 is 13.2 Å². The number of aryl methyl sites for hydroxylation is 2. The fourth-order valence-electron chi connectivity index (χ4n) is 2.18. The molecule has 2 rings (SSSR count). The average molecular weight is 362 g/mol. The first-order valence-corrected chi connectivity index (χ1v) is 7.26. The summed E-state index contributed by atoms with van der Waals surface area (Å²) in [7, 11) is 0. The molecule has 1 heterocycles. The largest absolute Gasteiger partial charge is 0.324 e. The van der Waals surface area contributed by atoms with Gasteiger partial charge in [-0.15, -0.1) is 0 Å². The van der Waals surface area contributed by atoms with E-state index in [4.69, 9.17) is 5.73 Å². The SMILES string of the molecule is CCn1nc(C)c(Br)c1CC(N)c1cc(F)c(F)c(F)c1. The van der Waals surface area contributed by atoms with Gasteiger partial charge in [0.05, 0.1) is 15.9 Å². The second-order valence-electron chi connectivity index (χ2n) is 4.77. The second-order valence-corrected chi connectivity index (χ2v) is 5.56. The number of halogens is 4. The molecule has 0 amide bonds. The van der Waals surface area contributed by atoms with E-state index in [2.05, 4.69) is 21.0 Å². The van der Waals surface area contributed by atoms with Gasteiger partial charge in [-0.05, 0) is 47.5 Å². The molecule has 1 atom stereocenters. The van der Waals surface area contributed by atoms with Gasteiger partial charge in [0.25, 0.3) is 0 Å². The number of hydrogen-bond donors (Lipinski definition) is 1. The monoisotopic (exact) mass is 361 g/mol. The lowest BCUT2D eigenvalue weighted by molar-refractivity contribution is 0.443. The Kier molecular flexibility index (Phi) is 4.73. The molecule has 0 saturated heterocycles. The Balaban J connectivity index is 2.32. The van der Waals surface area contributed by atoms with Gasteiger partial charge in [0.2, 0.25) is 0 Å². The first kappa shape index (κ1) is 16.0. The van der Waals surface area contributed by atoms with Crippen molar-refractivity contribution in [2.45, 2.75) is 32.9 Å². The molecule has 0 spiro atoms. The third-order valence-electron chi connectivity index (χ3n) is 3.30. The normalized spacial score (nSPS) is 12.7. The molecule has 2 N–H and O–H groups in total. The fraction of sp³-hybridized carbons (Fsp3) is 0.357. The highest BCUT2D eigenvalue weighted by atomic mass is 79.9. The molecule has 21 heavy (non-hydrogen) atoms. The van der Waals surface area contributed by atoms with E-state index < -0.39 is 23.5 Å². The molecule has 0 aliphatic rings. The van der Waals surface area contributed by atoms with Gasteiger partial charge < -0.3 is 5.73 Å². The number of nitrogens with zero attached hydrogens (tertiary/aromatic N) is 2. The van der Waals surface area contributed by atoms with E-state index in [-0.39, 0.29) is 5.56 Å². The Morgan fingerprint density at radius 2 is 1.86 bits per heavy atom. The minimum atomic E-state index is -1.48. The molecule has 2 aromatic rings. The summed E-state index contributed by atoms with van der Waals surface area (Å²) in [5.41, 5.74) is 7.86. The summed E-state index contributed by atoms with van der Waals surface area (Å²) in [5, 5.41) is 4.33. The van der Waals surface area contributed by atoms with E-state index in [1.54, 1.807) is 4.68 Å². The standard InChI is InChI=1S/C14H15BrF3N3/c1-3-21-12(13(15)7(2)20-21)6-11(19)8-4-9(16)14(18)10(17)5-8/h4-5,11H,3,6,19H2,1-2H3. The van der Waals surface area contributed by atoms with Gasteiger partial charge in [-0.1, -0.05) is 0 Å². The minimum absolute atomic E-state index is 0.208. The highest BCUT2D eigenvalue weighted by Gasteiger charge is 2.19. The maximum atomic E-state index is 13.3. The lowest BCUT2D eigenvalue weighted by atomic mass is 10.0.